The highest BCUT2D eigenvalue weighted by molar-refractivity contribution is 8.00. The van der Waals surface area contributed by atoms with Gasteiger partial charge in [0.2, 0.25) is 0 Å². The van der Waals surface area contributed by atoms with E-state index in [-0.39, 0.29) is 24.4 Å². The Morgan fingerprint density at radius 1 is 1.26 bits per heavy atom. The maximum atomic E-state index is 11.9. The van der Waals surface area contributed by atoms with Crippen molar-refractivity contribution in [1.29, 1.82) is 0 Å². The fourth-order valence-electron chi connectivity index (χ4n) is 2.86. The quantitative estimate of drug-likeness (QED) is 0.473. The van der Waals surface area contributed by atoms with E-state index in [0.717, 1.165) is 28.2 Å². The first-order valence-electron chi connectivity index (χ1n) is 8.61. The molecule has 1 atom stereocenters. The Hall–Kier alpha value is -2.80. The number of carbonyl (C=O) groups excluding carboxylic acids is 1. The van der Waals surface area contributed by atoms with E-state index < -0.39 is 0 Å². The lowest BCUT2D eigenvalue weighted by Crippen LogP contribution is -2.07. The highest BCUT2D eigenvalue weighted by atomic mass is 32.2. The summed E-state index contributed by atoms with van der Waals surface area (Å²) in [5, 5.41) is 3.99. The highest BCUT2D eigenvalue weighted by Crippen LogP contribution is 2.33. The molecule has 1 unspecified atom stereocenters. The summed E-state index contributed by atoms with van der Waals surface area (Å²) in [4.78, 5) is 16.8. The summed E-state index contributed by atoms with van der Waals surface area (Å²) < 4.78 is 16.4. The molecule has 4 rings (SSSR count). The number of aromatic nitrogens is 2. The van der Waals surface area contributed by atoms with E-state index in [1.165, 1.54) is 11.8 Å². The van der Waals surface area contributed by atoms with E-state index >= 15 is 0 Å². The van der Waals surface area contributed by atoms with Gasteiger partial charge >= 0.3 is 5.97 Å². The van der Waals surface area contributed by atoms with Crippen molar-refractivity contribution in [3.8, 4) is 17.1 Å². The summed E-state index contributed by atoms with van der Waals surface area (Å²) in [6.07, 6.45) is 4.47. The highest BCUT2D eigenvalue weighted by Gasteiger charge is 2.20. The summed E-state index contributed by atoms with van der Waals surface area (Å²) in [5.74, 6) is 1.50. The maximum Gasteiger partial charge on any atom is 0.316 e. The van der Waals surface area contributed by atoms with Gasteiger partial charge in [-0.15, -0.1) is 11.8 Å². The molecule has 0 saturated heterocycles. The molecule has 138 valence electrons. The van der Waals surface area contributed by atoms with E-state index in [4.69, 9.17) is 14.0 Å². The van der Waals surface area contributed by atoms with Crippen molar-refractivity contribution >= 4 is 17.7 Å². The SMILES string of the molecule is CC1Cc2cc(-c3cc(COC(=O)CSc4ccncc4)no3)ccc2O1. The Balaban J connectivity index is 1.32. The minimum absolute atomic E-state index is 0.0876. The van der Waals surface area contributed by atoms with E-state index in [1.807, 2.05) is 31.2 Å². The first-order chi connectivity index (χ1) is 13.2. The molecule has 0 amide bonds. The van der Waals surface area contributed by atoms with Crippen molar-refractivity contribution in [1.82, 2.24) is 10.1 Å². The van der Waals surface area contributed by atoms with Gasteiger partial charge in [-0.05, 0) is 42.8 Å². The molecular formula is C20H18N2O4S. The number of thioether (sulfide) groups is 1. The molecule has 3 heterocycles. The zero-order valence-corrected chi connectivity index (χ0v) is 15.6. The van der Waals surface area contributed by atoms with Gasteiger partial charge in [-0.25, -0.2) is 0 Å². The molecule has 1 aliphatic heterocycles. The Bertz CT molecular complexity index is 942. The summed E-state index contributed by atoms with van der Waals surface area (Å²) in [6, 6.07) is 11.4. The average Bonchev–Trinajstić information content (AvgIpc) is 3.30. The van der Waals surface area contributed by atoms with E-state index in [9.17, 15) is 4.79 Å². The normalized spacial score (nSPS) is 15.2. The standard InChI is InChI=1S/C20H18N2O4S/c1-13-8-15-9-14(2-3-18(15)25-13)19-10-16(22-26-19)11-24-20(23)12-27-17-4-6-21-7-5-17/h2-7,9-10,13H,8,11-12H2,1H3. The molecule has 0 fully saturated rings. The lowest BCUT2D eigenvalue weighted by molar-refractivity contribution is -0.141. The van der Waals surface area contributed by atoms with Crippen molar-refractivity contribution in [3.05, 3.63) is 60.0 Å². The molecule has 1 aliphatic rings. The van der Waals surface area contributed by atoms with E-state index in [2.05, 4.69) is 16.2 Å². The van der Waals surface area contributed by atoms with Gasteiger partial charge in [0.15, 0.2) is 5.76 Å². The number of hydrogen-bond acceptors (Lipinski definition) is 7. The second kappa shape index (κ2) is 7.84. The van der Waals surface area contributed by atoms with Crippen LogP contribution in [0.5, 0.6) is 5.75 Å². The van der Waals surface area contributed by atoms with Crippen LogP contribution in [0, 0.1) is 0 Å². The molecule has 0 spiro atoms. The largest absolute Gasteiger partial charge is 0.490 e. The monoisotopic (exact) mass is 382 g/mol. The van der Waals surface area contributed by atoms with Gasteiger partial charge in [0, 0.05) is 35.3 Å². The van der Waals surface area contributed by atoms with Crippen LogP contribution in [0.2, 0.25) is 0 Å². The molecule has 0 saturated carbocycles. The molecule has 0 radical (unpaired) electrons. The zero-order chi connectivity index (χ0) is 18.6. The predicted octanol–water partition coefficient (Wildman–Crippen LogP) is 3.90. The van der Waals surface area contributed by atoms with Gasteiger partial charge in [-0.2, -0.15) is 0 Å². The molecule has 2 aromatic heterocycles. The zero-order valence-electron chi connectivity index (χ0n) is 14.8. The van der Waals surface area contributed by atoms with Crippen molar-refractivity contribution in [3.63, 3.8) is 0 Å². The summed E-state index contributed by atoms with van der Waals surface area (Å²) in [7, 11) is 0. The van der Waals surface area contributed by atoms with Gasteiger partial charge in [-0.1, -0.05) is 5.16 Å². The number of rotatable bonds is 6. The number of nitrogens with zero attached hydrogens (tertiary/aromatic N) is 2. The number of ether oxygens (including phenoxy) is 2. The lowest BCUT2D eigenvalue weighted by atomic mass is 10.1. The number of benzene rings is 1. The van der Waals surface area contributed by atoms with Crippen LogP contribution in [0.3, 0.4) is 0 Å². The van der Waals surface area contributed by atoms with Crippen LogP contribution in [0.1, 0.15) is 18.2 Å². The van der Waals surface area contributed by atoms with Crippen LogP contribution in [-0.2, 0) is 22.6 Å². The first kappa shape index (κ1) is 17.6. The van der Waals surface area contributed by atoms with Crippen molar-refractivity contribution in [2.45, 2.75) is 31.0 Å². The summed E-state index contributed by atoms with van der Waals surface area (Å²) in [5.41, 5.74) is 2.68. The fraction of sp³-hybridized carbons (Fsp3) is 0.250. The molecule has 27 heavy (non-hydrogen) atoms. The Morgan fingerprint density at radius 2 is 2.11 bits per heavy atom. The van der Waals surface area contributed by atoms with Gasteiger partial charge in [0.1, 0.15) is 24.2 Å². The van der Waals surface area contributed by atoms with Crippen LogP contribution >= 0.6 is 11.8 Å². The Morgan fingerprint density at radius 3 is 2.96 bits per heavy atom. The number of esters is 1. The van der Waals surface area contributed by atoms with Crippen molar-refractivity contribution in [2.75, 3.05) is 5.75 Å². The van der Waals surface area contributed by atoms with Gasteiger partial charge in [0.25, 0.3) is 0 Å². The molecule has 3 aromatic rings. The number of pyridine rings is 1. The number of hydrogen-bond donors (Lipinski definition) is 0. The second-order valence-corrected chi connectivity index (χ2v) is 7.32. The Kier molecular flexibility index (Phi) is 5.11. The molecule has 0 bridgehead atoms. The van der Waals surface area contributed by atoms with Crippen LogP contribution < -0.4 is 4.74 Å². The molecule has 0 N–H and O–H groups in total. The van der Waals surface area contributed by atoms with Crippen LogP contribution in [0.25, 0.3) is 11.3 Å². The second-order valence-electron chi connectivity index (χ2n) is 6.27. The van der Waals surface area contributed by atoms with Crippen LogP contribution in [0.15, 0.2) is 58.2 Å². The topological polar surface area (TPSA) is 74.5 Å². The third kappa shape index (κ3) is 4.31. The van der Waals surface area contributed by atoms with E-state index in [0.29, 0.717) is 11.5 Å². The van der Waals surface area contributed by atoms with Crippen molar-refractivity contribution < 1.29 is 18.8 Å². The first-order valence-corrected chi connectivity index (χ1v) is 9.60. The number of fused-ring (bicyclic) bond motifs is 1. The lowest BCUT2D eigenvalue weighted by Gasteiger charge is -2.02. The Labute approximate surface area is 160 Å². The van der Waals surface area contributed by atoms with Crippen molar-refractivity contribution in [2.24, 2.45) is 0 Å². The van der Waals surface area contributed by atoms with Crippen LogP contribution in [0.4, 0.5) is 0 Å². The molecule has 0 aliphatic carbocycles. The molecular weight excluding hydrogens is 364 g/mol. The number of carbonyl (C=O) groups is 1. The smallest absolute Gasteiger partial charge is 0.316 e. The summed E-state index contributed by atoms with van der Waals surface area (Å²) in [6.45, 7) is 2.14. The summed E-state index contributed by atoms with van der Waals surface area (Å²) >= 11 is 1.41. The third-order valence-corrected chi connectivity index (χ3v) is 5.11. The third-order valence-electron chi connectivity index (χ3n) is 4.13. The molecule has 7 heteroatoms. The van der Waals surface area contributed by atoms with Gasteiger partial charge in [0.05, 0.1) is 5.75 Å². The molecule has 1 aromatic carbocycles. The van der Waals surface area contributed by atoms with Gasteiger partial charge in [-0.3, -0.25) is 9.78 Å². The maximum absolute atomic E-state index is 11.9. The van der Waals surface area contributed by atoms with Crippen LogP contribution in [-0.4, -0.2) is 28.0 Å². The fourth-order valence-corrected chi connectivity index (χ4v) is 3.55. The minimum Gasteiger partial charge on any atom is -0.490 e. The van der Waals surface area contributed by atoms with E-state index in [1.54, 1.807) is 18.5 Å². The average molecular weight is 382 g/mol. The molecule has 6 nitrogen and oxygen atoms in total. The predicted molar refractivity (Wildman–Crippen MR) is 100 cm³/mol. The minimum atomic E-state index is -0.301. The van der Waals surface area contributed by atoms with Gasteiger partial charge < -0.3 is 14.0 Å².